The Morgan fingerprint density at radius 3 is 2.87 bits per heavy atom. The molecule has 1 aliphatic rings. The smallest absolute Gasteiger partial charge is 0.222 e. The second-order valence-corrected chi connectivity index (χ2v) is 3.99. The first-order valence-electron chi connectivity index (χ1n) is 5.47. The summed E-state index contributed by atoms with van der Waals surface area (Å²) in [5, 5.41) is 9.40. The molecule has 0 radical (unpaired) electrons. The summed E-state index contributed by atoms with van der Waals surface area (Å²) in [5.74, 6) is 0.103. The Labute approximate surface area is 90.7 Å². The maximum absolute atomic E-state index is 11.6. The molecule has 0 bridgehead atoms. The number of nitrogens with zero attached hydrogens (tertiary/aromatic N) is 1. The van der Waals surface area contributed by atoms with Crippen LogP contribution in [0.2, 0.25) is 0 Å². The van der Waals surface area contributed by atoms with Gasteiger partial charge in [0.05, 0.1) is 6.10 Å². The minimum atomic E-state index is -0.551. The fourth-order valence-corrected chi connectivity index (χ4v) is 1.71. The zero-order valence-corrected chi connectivity index (χ0v) is 9.22. The highest BCUT2D eigenvalue weighted by molar-refractivity contribution is 5.76. The lowest BCUT2D eigenvalue weighted by Gasteiger charge is -2.14. The van der Waals surface area contributed by atoms with E-state index in [0.29, 0.717) is 19.5 Å². The van der Waals surface area contributed by atoms with Gasteiger partial charge in [-0.1, -0.05) is 12.2 Å². The van der Waals surface area contributed by atoms with Crippen LogP contribution in [0, 0.1) is 0 Å². The molecular formula is C11H20N2O2. The topological polar surface area (TPSA) is 66.6 Å². The Balaban J connectivity index is 2.23. The third kappa shape index (κ3) is 3.64. The van der Waals surface area contributed by atoms with Crippen LogP contribution in [0.4, 0.5) is 0 Å². The minimum absolute atomic E-state index is 0.103. The van der Waals surface area contributed by atoms with E-state index in [9.17, 15) is 9.90 Å². The number of aliphatic hydroxyl groups is 1. The van der Waals surface area contributed by atoms with Crippen molar-refractivity contribution in [1.29, 1.82) is 0 Å². The van der Waals surface area contributed by atoms with Gasteiger partial charge in [-0.3, -0.25) is 4.79 Å². The first kappa shape index (κ1) is 12.2. The molecule has 4 heteroatoms. The summed E-state index contributed by atoms with van der Waals surface area (Å²) in [4.78, 5) is 13.3. The van der Waals surface area contributed by atoms with Crippen molar-refractivity contribution in [3.8, 4) is 0 Å². The van der Waals surface area contributed by atoms with Gasteiger partial charge in [0.25, 0.3) is 0 Å². The first-order valence-corrected chi connectivity index (χ1v) is 5.47. The average molecular weight is 212 g/mol. The van der Waals surface area contributed by atoms with Gasteiger partial charge < -0.3 is 15.7 Å². The normalized spacial score (nSPS) is 26.5. The fraction of sp³-hybridized carbons (Fsp3) is 0.727. The molecule has 1 amide bonds. The number of hydrogen-bond acceptors (Lipinski definition) is 3. The summed E-state index contributed by atoms with van der Waals surface area (Å²) >= 11 is 0. The van der Waals surface area contributed by atoms with Crippen molar-refractivity contribution < 1.29 is 9.90 Å². The molecule has 3 N–H and O–H groups in total. The largest absolute Gasteiger partial charge is 0.390 e. The average Bonchev–Trinajstić information content (AvgIpc) is 2.54. The van der Waals surface area contributed by atoms with E-state index in [1.807, 2.05) is 13.0 Å². The van der Waals surface area contributed by atoms with Crippen LogP contribution in [-0.2, 0) is 4.79 Å². The standard InChI is InChI=1S/C11H20N2O2/c1-2-3-4-5-6-11(15)13-7-9(12)10(14)8-13/h2-3,9-10,14H,4-8,12H2,1H3/b3-2+/t9-,10-/m1/s1. The maximum atomic E-state index is 11.6. The highest BCUT2D eigenvalue weighted by Crippen LogP contribution is 2.11. The van der Waals surface area contributed by atoms with E-state index in [-0.39, 0.29) is 11.9 Å². The van der Waals surface area contributed by atoms with Crippen molar-refractivity contribution in [1.82, 2.24) is 4.90 Å². The fourth-order valence-electron chi connectivity index (χ4n) is 1.71. The molecule has 0 aromatic rings. The number of aliphatic hydroxyl groups excluding tert-OH is 1. The Hall–Kier alpha value is -0.870. The highest BCUT2D eigenvalue weighted by atomic mass is 16.3. The number of β-amino-alcohol motifs (C(OH)–C–C–N with tert-alkyl or cyclic N) is 1. The van der Waals surface area contributed by atoms with Crippen LogP contribution in [0.5, 0.6) is 0 Å². The number of rotatable bonds is 4. The van der Waals surface area contributed by atoms with Gasteiger partial charge in [-0.25, -0.2) is 0 Å². The van der Waals surface area contributed by atoms with Crippen molar-refractivity contribution in [3.63, 3.8) is 0 Å². The maximum Gasteiger partial charge on any atom is 0.222 e. The molecule has 1 aliphatic heterocycles. The molecule has 1 heterocycles. The van der Waals surface area contributed by atoms with Crippen molar-refractivity contribution in [2.75, 3.05) is 13.1 Å². The van der Waals surface area contributed by atoms with Gasteiger partial charge in [-0.05, 0) is 19.8 Å². The summed E-state index contributed by atoms with van der Waals surface area (Å²) in [6.45, 7) is 2.85. The Morgan fingerprint density at radius 2 is 2.33 bits per heavy atom. The van der Waals surface area contributed by atoms with Gasteiger partial charge in [0.2, 0.25) is 5.91 Å². The SMILES string of the molecule is C/C=C/CCCC(=O)N1C[C@@H](N)[C@H](O)C1. The summed E-state index contributed by atoms with van der Waals surface area (Å²) in [6.07, 6.45) is 5.83. The van der Waals surface area contributed by atoms with Crippen LogP contribution in [0.25, 0.3) is 0 Å². The first-order chi connectivity index (χ1) is 7.15. The van der Waals surface area contributed by atoms with E-state index in [4.69, 9.17) is 5.73 Å². The van der Waals surface area contributed by atoms with Crippen molar-refractivity contribution in [2.45, 2.75) is 38.3 Å². The van der Waals surface area contributed by atoms with Crippen molar-refractivity contribution >= 4 is 5.91 Å². The monoisotopic (exact) mass is 212 g/mol. The number of carbonyl (C=O) groups is 1. The number of likely N-dealkylation sites (tertiary alicyclic amines) is 1. The van der Waals surface area contributed by atoms with Crippen molar-refractivity contribution in [3.05, 3.63) is 12.2 Å². The molecule has 0 aliphatic carbocycles. The molecular weight excluding hydrogens is 192 g/mol. The van der Waals surface area contributed by atoms with E-state index >= 15 is 0 Å². The number of allylic oxidation sites excluding steroid dienone is 2. The molecule has 0 aromatic heterocycles. The van der Waals surface area contributed by atoms with Crippen LogP contribution in [0.1, 0.15) is 26.2 Å². The van der Waals surface area contributed by atoms with Crippen LogP contribution < -0.4 is 5.73 Å². The van der Waals surface area contributed by atoms with E-state index in [1.54, 1.807) is 4.90 Å². The van der Waals surface area contributed by atoms with Gasteiger partial charge in [0.1, 0.15) is 0 Å². The predicted molar refractivity (Wildman–Crippen MR) is 59.2 cm³/mol. The van der Waals surface area contributed by atoms with Crippen LogP contribution in [0.15, 0.2) is 12.2 Å². The van der Waals surface area contributed by atoms with Gasteiger partial charge in [0.15, 0.2) is 0 Å². The summed E-state index contributed by atoms with van der Waals surface area (Å²) in [6, 6.07) is -0.274. The lowest BCUT2D eigenvalue weighted by molar-refractivity contribution is -0.130. The Morgan fingerprint density at radius 1 is 1.60 bits per heavy atom. The van der Waals surface area contributed by atoms with E-state index < -0.39 is 6.10 Å². The van der Waals surface area contributed by atoms with Gasteiger partial charge >= 0.3 is 0 Å². The minimum Gasteiger partial charge on any atom is -0.390 e. The zero-order chi connectivity index (χ0) is 11.3. The Bertz CT molecular complexity index is 231. The second-order valence-electron chi connectivity index (χ2n) is 3.99. The number of hydrogen-bond donors (Lipinski definition) is 2. The number of amides is 1. The van der Waals surface area contributed by atoms with Gasteiger partial charge in [0, 0.05) is 25.6 Å². The third-order valence-corrected chi connectivity index (χ3v) is 2.68. The van der Waals surface area contributed by atoms with Crippen LogP contribution >= 0.6 is 0 Å². The number of carbonyl (C=O) groups excluding carboxylic acids is 1. The number of unbranched alkanes of at least 4 members (excludes halogenated alkanes) is 1. The second kappa shape index (κ2) is 5.88. The quantitative estimate of drug-likeness (QED) is 0.519. The molecule has 1 fully saturated rings. The molecule has 86 valence electrons. The van der Waals surface area contributed by atoms with E-state index in [2.05, 4.69) is 6.08 Å². The summed E-state index contributed by atoms with van der Waals surface area (Å²) in [5.41, 5.74) is 5.63. The summed E-state index contributed by atoms with van der Waals surface area (Å²) < 4.78 is 0. The predicted octanol–water partition coefficient (Wildman–Crippen LogP) is 0.263. The summed E-state index contributed by atoms with van der Waals surface area (Å²) in [7, 11) is 0. The molecule has 1 saturated heterocycles. The van der Waals surface area contributed by atoms with E-state index in [1.165, 1.54) is 0 Å². The third-order valence-electron chi connectivity index (χ3n) is 2.68. The van der Waals surface area contributed by atoms with Crippen LogP contribution in [-0.4, -0.2) is 41.1 Å². The lowest BCUT2D eigenvalue weighted by atomic mass is 10.2. The molecule has 0 spiro atoms. The molecule has 2 atom stereocenters. The van der Waals surface area contributed by atoms with Crippen molar-refractivity contribution in [2.24, 2.45) is 5.73 Å². The zero-order valence-electron chi connectivity index (χ0n) is 9.22. The molecule has 4 nitrogen and oxygen atoms in total. The molecule has 1 rings (SSSR count). The van der Waals surface area contributed by atoms with Crippen LogP contribution in [0.3, 0.4) is 0 Å². The highest BCUT2D eigenvalue weighted by Gasteiger charge is 2.30. The Kier molecular flexibility index (Phi) is 4.78. The van der Waals surface area contributed by atoms with E-state index in [0.717, 1.165) is 12.8 Å². The molecule has 0 unspecified atom stereocenters. The molecule has 0 saturated carbocycles. The molecule has 0 aromatic carbocycles. The van der Waals surface area contributed by atoms with Gasteiger partial charge in [-0.2, -0.15) is 0 Å². The van der Waals surface area contributed by atoms with Gasteiger partial charge in [-0.15, -0.1) is 0 Å². The molecule has 15 heavy (non-hydrogen) atoms. The lowest BCUT2D eigenvalue weighted by Crippen LogP contribution is -2.33. The number of nitrogens with two attached hydrogens (primary N) is 1.